The fourth-order valence-electron chi connectivity index (χ4n) is 4.15. The number of imidazole rings is 1. The number of ether oxygens (including phenoxy) is 2. The number of halogens is 1. The molecule has 0 saturated carbocycles. The lowest BCUT2D eigenvalue weighted by molar-refractivity contribution is 0.0342. The molecule has 0 unspecified atom stereocenters. The number of hydrogen-bond acceptors (Lipinski definition) is 9. The Bertz CT molecular complexity index is 1510. The van der Waals surface area contributed by atoms with Crippen molar-refractivity contribution in [2.45, 2.75) is 6.54 Å². The second-order valence-corrected chi connectivity index (χ2v) is 9.63. The number of rotatable bonds is 7. The second-order valence-electron chi connectivity index (χ2n) is 8.31. The monoisotopic (exact) mass is 522 g/mol. The number of nitrogens with zero attached hydrogens (tertiary/aromatic N) is 5. The van der Waals surface area contributed by atoms with Crippen molar-refractivity contribution in [3.8, 4) is 28.0 Å². The van der Waals surface area contributed by atoms with E-state index in [0.29, 0.717) is 39.6 Å². The van der Waals surface area contributed by atoms with Gasteiger partial charge in [0.2, 0.25) is 0 Å². The number of morpholine rings is 1. The zero-order valence-corrected chi connectivity index (χ0v) is 21.0. The summed E-state index contributed by atoms with van der Waals surface area (Å²) in [5.41, 5.74) is 4.38. The molecule has 0 radical (unpaired) electrons. The molecular formula is C24H23ClN8O2S. The van der Waals surface area contributed by atoms with Crippen LogP contribution in [0.4, 0.5) is 11.5 Å². The number of anilines is 2. The fourth-order valence-corrected chi connectivity index (χ4v) is 5.23. The molecule has 0 aliphatic carbocycles. The zero-order chi connectivity index (χ0) is 24.5. The smallest absolute Gasteiger partial charge is 0.179 e. The largest absolute Gasteiger partial charge is 0.491 e. The third kappa shape index (κ3) is 4.53. The van der Waals surface area contributed by atoms with Crippen LogP contribution < -0.4 is 10.1 Å². The Balaban J connectivity index is 1.28. The normalized spacial score (nSPS) is 14.4. The Kier molecular flexibility index (Phi) is 6.28. The van der Waals surface area contributed by atoms with Gasteiger partial charge in [0.05, 0.1) is 53.1 Å². The van der Waals surface area contributed by atoms with Gasteiger partial charge in [0, 0.05) is 25.8 Å². The Morgan fingerprint density at radius 1 is 1.22 bits per heavy atom. The predicted octanol–water partition coefficient (Wildman–Crippen LogP) is 4.71. The molecule has 184 valence electrons. The molecule has 6 rings (SSSR count). The lowest BCUT2D eigenvalue weighted by Crippen LogP contribution is -2.35. The van der Waals surface area contributed by atoms with Gasteiger partial charge in [-0.2, -0.15) is 5.10 Å². The average Bonchev–Trinajstić information content (AvgIpc) is 3.64. The highest BCUT2D eigenvalue weighted by Crippen LogP contribution is 2.35. The van der Waals surface area contributed by atoms with E-state index in [1.54, 1.807) is 19.5 Å². The minimum absolute atomic E-state index is 0.496. The van der Waals surface area contributed by atoms with Crippen LogP contribution in [-0.2, 0) is 11.3 Å². The first-order valence-corrected chi connectivity index (χ1v) is 12.7. The van der Waals surface area contributed by atoms with Crippen LogP contribution in [0, 0.1) is 0 Å². The van der Waals surface area contributed by atoms with Gasteiger partial charge < -0.3 is 19.8 Å². The number of nitrogens with one attached hydrogen (secondary N) is 3. The molecule has 4 aromatic heterocycles. The van der Waals surface area contributed by atoms with Gasteiger partial charge in [0.25, 0.3) is 0 Å². The number of methoxy groups -OCH3 is 1. The highest BCUT2D eigenvalue weighted by molar-refractivity contribution is 7.14. The van der Waals surface area contributed by atoms with Gasteiger partial charge in [-0.3, -0.25) is 10.00 Å². The summed E-state index contributed by atoms with van der Waals surface area (Å²) in [7, 11) is 1.58. The van der Waals surface area contributed by atoms with Crippen LogP contribution in [-0.4, -0.2) is 68.4 Å². The Labute approximate surface area is 215 Å². The summed E-state index contributed by atoms with van der Waals surface area (Å²) in [6.45, 7) is 4.32. The molecule has 0 atom stereocenters. The number of aromatic amines is 2. The van der Waals surface area contributed by atoms with E-state index in [1.165, 1.54) is 16.9 Å². The molecule has 12 heteroatoms. The van der Waals surface area contributed by atoms with Crippen molar-refractivity contribution in [1.82, 2.24) is 35.0 Å². The lowest BCUT2D eigenvalue weighted by atomic mass is 10.2. The fraction of sp³-hybridized carbons (Fsp3) is 0.250. The highest BCUT2D eigenvalue weighted by atomic mass is 35.5. The maximum Gasteiger partial charge on any atom is 0.179 e. The molecule has 10 nitrogen and oxygen atoms in total. The molecule has 3 N–H and O–H groups in total. The molecule has 0 amide bonds. The maximum atomic E-state index is 6.30. The summed E-state index contributed by atoms with van der Waals surface area (Å²) < 4.78 is 10.9. The van der Waals surface area contributed by atoms with Crippen LogP contribution >= 0.6 is 22.9 Å². The number of thiophene rings is 1. The van der Waals surface area contributed by atoms with E-state index in [0.717, 1.165) is 48.8 Å². The molecule has 1 fully saturated rings. The van der Waals surface area contributed by atoms with Crippen molar-refractivity contribution in [2.24, 2.45) is 0 Å². The molecule has 1 aromatic carbocycles. The summed E-state index contributed by atoms with van der Waals surface area (Å²) in [5.74, 6) is 2.15. The number of hydrogen-bond donors (Lipinski definition) is 3. The van der Waals surface area contributed by atoms with Gasteiger partial charge in [0.1, 0.15) is 0 Å². The van der Waals surface area contributed by atoms with E-state index >= 15 is 0 Å². The van der Waals surface area contributed by atoms with Crippen molar-refractivity contribution in [3.05, 3.63) is 52.6 Å². The zero-order valence-electron chi connectivity index (χ0n) is 19.4. The minimum atomic E-state index is 0.496. The van der Waals surface area contributed by atoms with Crippen molar-refractivity contribution >= 4 is 45.5 Å². The van der Waals surface area contributed by atoms with Crippen molar-refractivity contribution < 1.29 is 9.47 Å². The van der Waals surface area contributed by atoms with Gasteiger partial charge in [-0.05, 0) is 29.1 Å². The van der Waals surface area contributed by atoms with E-state index in [9.17, 15) is 0 Å². The third-order valence-electron chi connectivity index (χ3n) is 5.97. The van der Waals surface area contributed by atoms with Gasteiger partial charge in [-0.1, -0.05) is 17.7 Å². The first-order chi connectivity index (χ1) is 17.7. The lowest BCUT2D eigenvalue weighted by Gasteiger charge is -2.26. The van der Waals surface area contributed by atoms with Crippen molar-refractivity contribution in [2.75, 3.05) is 38.7 Å². The van der Waals surface area contributed by atoms with Gasteiger partial charge in [-0.15, -0.1) is 11.3 Å². The number of fused-ring (bicyclic) bond motifs is 1. The number of benzene rings is 1. The quantitative estimate of drug-likeness (QED) is 0.281. The van der Waals surface area contributed by atoms with Crippen LogP contribution in [0.25, 0.3) is 33.3 Å². The predicted molar refractivity (Wildman–Crippen MR) is 140 cm³/mol. The minimum Gasteiger partial charge on any atom is -0.491 e. The van der Waals surface area contributed by atoms with E-state index in [-0.39, 0.29) is 0 Å². The number of H-pyrrole nitrogens is 2. The molecule has 36 heavy (non-hydrogen) atoms. The molecule has 0 bridgehead atoms. The van der Waals surface area contributed by atoms with Gasteiger partial charge in [-0.25, -0.2) is 15.0 Å². The van der Waals surface area contributed by atoms with Crippen molar-refractivity contribution in [3.63, 3.8) is 0 Å². The van der Waals surface area contributed by atoms with Gasteiger partial charge in [0.15, 0.2) is 28.9 Å². The summed E-state index contributed by atoms with van der Waals surface area (Å²) in [5, 5.41) is 13.2. The molecule has 1 aliphatic heterocycles. The summed E-state index contributed by atoms with van der Waals surface area (Å²) >= 11 is 7.77. The molecule has 1 saturated heterocycles. The van der Waals surface area contributed by atoms with E-state index < -0.39 is 0 Å². The van der Waals surface area contributed by atoms with Crippen LogP contribution in [0.3, 0.4) is 0 Å². The summed E-state index contributed by atoms with van der Waals surface area (Å²) in [6.07, 6.45) is 3.38. The molecule has 1 aliphatic rings. The first-order valence-electron chi connectivity index (χ1n) is 11.4. The SMILES string of the molecule is COc1cnc(-c2sccc2Cl)nc1Nc1c[nH]nc1-c1nc2cc(CN3CCOCC3)ccc2[nH]1. The molecular weight excluding hydrogens is 500 g/mol. The highest BCUT2D eigenvalue weighted by Gasteiger charge is 2.18. The van der Waals surface area contributed by atoms with Crippen molar-refractivity contribution in [1.29, 1.82) is 0 Å². The van der Waals surface area contributed by atoms with E-state index in [4.69, 9.17) is 26.1 Å². The van der Waals surface area contributed by atoms with Crippen LogP contribution in [0.5, 0.6) is 5.75 Å². The topological polar surface area (TPSA) is 117 Å². The summed E-state index contributed by atoms with van der Waals surface area (Å²) in [4.78, 5) is 20.4. The van der Waals surface area contributed by atoms with Gasteiger partial charge >= 0.3 is 0 Å². The van der Waals surface area contributed by atoms with Crippen LogP contribution in [0.2, 0.25) is 5.02 Å². The Hall–Kier alpha value is -3.51. The molecule has 0 spiro atoms. The molecule has 5 heterocycles. The average molecular weight is 523 g/mol. The van der Waals surface area contributed by atoms with E-state index in [1.807, 2.05) is 11.4 Å². The van der Waals surface area contributed by atoms with E-state index in [2.05, 4.69) is 53.6 Å². The third-order valence-corrected chi connectivity index (χ3v) is 7.31. The van der Waals surface area contributed by atoms with Crippen LogP contribution in [0.1, 0.15) is 5.56 Å². The van der Waals surface area contributed by atoms with Crippen LogP contribution in [0.15, 0.2) is 42.0 Å². The molecule has 5 aromatic rings. The Morgan fingerprint density at radius 2 is 2.11 bits per heavy atom. The Morgan fingerprint density at radius 3 is 2.92 bits per heavy atom. The summed E-state index contributed by atoms with van der Waals surface area (Å²) in [6, 6.07) is 8.14. The maximum absolute atomic E-state index is 6.30. The second kappa shape index (κ2) is 9.86. The first kappa shape index (κ1) is 22.9. The standard InChI is InChI=1S/C24H23ClN8O2S/c1-34-19-12-26-24(21-15(25)4-9-36-21)31-22(19)30-18-11-27-32-20(18)23-28-16-3-2-14(10-17(16)29-23)13-33-5-7-35-8-6-33/h2-4,9-12H,5-8,13H2,1H3,(H,27,32)(H,28,29)(H,26,30,31). The number of aromatic nitrogens is 6.